The van der Waals surface area contributed by atoms with Gasteiger partial charge in [0.15, 0.2) is 11.8 Å². The van der Waals surface area contributed by atoms with Crippen molar-refractivity contribution >= 4 is 19.6 Å². The van der Waals surface area contributed by atoms with Gasteiger partial charge in [0.2, 0.25) is 7.85 Å². The van der Waals surface area contributed by atoms with Crippen molar-refractivity contribution in [2.45, 2.75) is 19.1 Å². The smallest absolute Gasteiger partial charge is 0.328 e. The third-order valence-corrected chi connectivity index (χ3v) is 1.11. The SMILES string of the molecule is BC(=O)N[C@H](C(=O)O)[C@@H](C)O. The fourth-order valence-electron chi connectivity index (χ4n) is 0.608. The summed E-state index contributed by atoms with van der Waals surface area (Å²) in [7, 11) is 1.19. The van der Waals surface area contributed by atoms with E-state index in [-0.39, 0.29) is 0 Å². The Labute approximate surface area is 64.8 Å². The second-order valence-corrected chi connectivity index (χ2v) is 2.26. The molecule has 0 aliphatic rings. The molecule has 0 aromatic rings. The Balaban J connectivity index is 4.12. The van der Waals surface area contributed by atoms with Gasteiger partial charge in [-0.05, 0) is 6.92 Å². The predicted molar refractivity (Wildman–Crippen MR) is 40.2 cm³/mol. The van der Waals surface area contributed by atoms with E-state index in [1.165, 1.54) is 14.8 Å². The summed E-state index contributed by atoms with van der Waals surface area (Å²) < 4.78 is 0. The fraction of sp³-hybridized carbons (Fsp3) is 0.600. The molecule has 0 aromatic heterocycles. The number of hydrogen-bond donors (Lipinski definition) is 3. The maximum Gasteiger partial charge on any atom is 0.328 e. The number of aliphatic hydroxyl groups is 1. The minimum absolute atomic E-state index is 0.474. The monoisotopic (exact) mass is 159 g/mol. The molecule has 0 unspecified atom stereocenters. The summed E-state index contributed by atoms with van der Waals surface area (Å²) in [6, 6.07) is -1.22. The minimum atomic E-state index is -1.24. The number of nitrogens with one attached hydrogen (secondary N) is 1. The van der Waals surface area contributed by atoms with Gasteiger partial charge in [0.25, 0.3) is 0 Å². The van der Waals surface area contributed by atoms with Gasteiger partial charge in [-0.1, -0.05) is 0 Å². The van der Waals surface area contributed by atoms with Crippen LogP contribution in [-0.4, -0.2) is 42.0 Å². The predicted octanol–water partition coefficient (Wildman–Crippen LogP) is -1.84. The van der Waals surface area contributed by atoms with Crippen LogP contribution in [0.3, 0.4) is 0 Å². The first-order chi connectivity index (χ1) is 4.95. The average Bonchev–Trinajstić information content (AvgIpc) is 1.81. The van der Waals surface area contributed by atoms with E-state index >= 15 is 0 Å². The van der Waals surface area contributed by atoms with E-state index in [4.69, 9.17) is 10.2 Å². The van der Waals surface area contributed by atoms with Crippen LogP contribution in [0.15, 0.2) is 0 Å². The molecule has 0 aliphatic heterocycles. The summed E-state index contributed by atoms with van der Waals surface area (Å²) in [6.07, 6.45) is -1.09. The molecule has 0 aromatic carbocycles. The lowest BCUT2D eigenvalue weighted by Crippen LogP contribution is -2.47. The Bertz CT molecular complexity index is 170. The number of aliphatic carboxylic acids is 1. The van der Waals surface area contributed by atoms with Crippen molar-refractivity contribution in [1.29, 1.82) is 0 Å². The summed E-state index contributed by atoms with van der Waals surface area (Å²) in [5.41, 5.74) is 0. The van der Waals surface area contributed by atoms with Gasteiger partial charge in [0, 0.05) is 0 Å². The van der Waals surface area contributed by atoms with Gasteiger partial charge in [-0.15, -0.1) is 0 Å². The van der Waals surface area contributed by atoms with E-state index < -0.39 is 23.9 Å². The average molecular weight is 159 g/mol. The molecule has 62 valence electrons. The zero-order valence-corrected chi connectivity index (χ0v) is 6.37. The zero-order valence-electron chi connectivity index (χ0n) is 6.37. The third kappa shape index (κ3) is 3.62. The van der Waals surface area contributed by atoms with Crippen LogP contribution in [0.4, 0.5) is 4.79 Å². The Hall–Kier alpha value is -1.04. The van der Waals surface area contributed by atoms with Crippen LogP contribution in [0, 0.1) is 0 Å². The van der Waals surface area contributed by atoms with Crippen molar-refractivity contribution in [3.8, 4) is 0 Å². The number of carboxylic acids is 1. The number of carboxylic acid groups (broad SMARTS) is 1. The Morgan fingerprint density at radius 3 is 2.09 bits per heavy atom. The van der Waals surface area contributed by atoms with Crippen molar-refractivity contribution in [2.75, 3.05) is 0 Å². The van der Waals surface area contributed by atoms with Crippen molar-refractivity contribution in [1.82, 2.24) is 5.32 Å². The number of carbonyl (C=O) groups excluding carboxylic acids is 1. The molecule has 3 N–H and O–H groups in total. The Morgan fingerprint density at radius 2 is 2.00 bits per heavy atom. The van der Waals surface area contributed by atoms with E-state index in [9.17, 15) is 9.59 Å². The van der Waals surface area contributed by atoms with Gasteiger partial charge in [0.05, 0.1) is 6.10 Å². The van der Waals surface area contributed by atoms with Gasteiger partial charge in [-0.2, -0.15) is 0 Å². The van der Waals surface area contributed by atoms with E-state index in [2.05, 4.69) is 5.32 Å². The van der Waals surface area contributed by atoms with Gasteiger partial charge in [-0.3, -0.25) is 4.79 Å². The first-order valence-corrected chi connectivity index (χ1v) is 3.13. The fourth-order valence-corrected chi connectivity index (χ4v) is 0.608. The molecular formula is C5H10BNO4. The molecule has 0 heterocycles. The molecule has 0 radical (unpaired) electrons. The van der Waals surface area contributed by atoms with Crippen molar-refractivity contribution in [2.24, 2.45) is 0 Å². The standard InChI is InChI=1S/C5H10BNO4/c1-2(8)3(4(9)10)7-5(6)11/h2-3,8H,6H2,1H3,(H,7,11)(H,9,10)/t2-,3+/m1/s1. The van der Waals surface area contributed by atoms with Crippen molar-refractivity contribution in [3.05, 3.63) is 0 Å². The van der Waals surface area contributed by atoms with E-state index in [1.807, 2.05) is 0 Å². The summed E-state index contributed by atoms with van der Waals surface area (Å²) in [6.45, 7) is 1.30. The molecular weight excluding hydrogens is 149 g/mol. The van der Waals surface area contributed by atoms with Gasteiger partial charge >= 0.3 is 5.97 Å². The highest BCUT2D eigenvalue weighted by Crippen LogP contribution is 1.91. The van der Waals surface area contributed by atoms with E-state index in [0.717, 1.165) is 0 Å². The first-order valence-electron chi connectivity index (χ1n) is 3.13. The number of amides is 1. The van der Waals surface area contributed by atoms with Gasteiger partial charge < -0.3 is 15.5 Å². The maximum atomic E-state index is 10.4. The molecule has 0 saturated carbocycles. The maximum absolute atomic E-state index is 10.4. The van der Waals surface area contributed by atoms with Gasteiger partial charge in [0.1, 0.15) is 0 Å². The quantitative estimate of drug-likeness (QED) is 0.422. The molecule has 0 rings (SSSR count). The summed E-state index contributed by atoms with van der Waals surface area (Å²) in [5, 5.41) is 19.3. The van der Waals surface area contributed by atoms with E-state index in [1.54, 1.807) is 0 Å². The first kappa shape index (κ1) is 9.96. The van der Waals surface area contributed by atoms with Crippen LogP contribution >= 0.6 is 0 Å². The number of carbonyl (C=O) groups is 2. The number of rotatable bonds is 3. The summed E-state index contributed by atoms with van der Waals surface area (Å²) in [4.78, 5) is 20.7. The molecule has 0 bridgehead atoms. The van der Waals surface area contributed by atoms with Crippen LogP contribution in [0.25, 0.3) is 0 Å². The lowest BCUT2D eigenvalue weighted by Gasteiger charge is -2.15. The highest BCUT2D eigenvalue weighted by molar-refractivity contribution is 6.57. The van der Waals surface area contributed by atoms with Crippen LogP contribution in [0.5, 0.6) is 0 Å². The van der Waals surface area contributed by atoms with Crippen LogP contribution in [0.1, 0.15) is 6.92 Å². The summed E-state index contributed by atoms with van der Waals surface area (Å²) >= 11 is 0. The van der Waals surface area contributed by atoms with E-state index in [0.29, 0.717) is 0 Å². The molecule has 1 amide bonds. The van der Waals surface area contributed by atoms with Crippen LogP contribution in [0.2, 0.25) is 0 Å². The second-order valence-electron chi connectivity index (χ2n) is 2.26. The lowest BCUT2D eigenvalue weighted by atomic mass is 10.1. The van der Waals surface area contributed by atoms with Crippen LogP contribution in [-0.2, 0) is 4.79 Å². The Morgan fingerprint density at radius 1 is 1.55 bits per heavy atom. The van der Waals surface area contributed by atoms with Crippen molar-refractivity contribution < 1.29 is 19.8 Å². The molecule has 11 heavy (non-hydrogen) atoms. The molecule has 0 aliphatic carbocycles. The normalized spacial score (nSPS) is 15.1. The number of hydrogen-bond acceptors (Lipinski definition) is 3. The highest BCUT2D eigenvalue weighted by atomic mass is 16.4. The molecule has 2 atom stereocenters. The second kappa shape index (κ2) is 3.97. The molecule has 0 saturated heterocycles. The molecule has 0 spiro atoms. The highest BCUT2D eigenvalue weighted by Gasteiger charge is 2.22. The van der Waals surface area contributed by atoms with Gasteiger partial charge in [-0.25, -0.2) is 4.79 Å². The lowest BCUT2D eigenvalue weighted by molar-refractivity contribution is -0.141. The Kier molecular flexibility index (Phi) is 3.60. The van der Waals surface area contributed by atoms with Crippen LogP contribution < -0.4 is 5.32 Å². The topological polar surface area (TPSA) is 86.6 Å². The zero-order chi connectivity index (χ0) is 9.02. The largest absolute Gasteiger partial charge is 0.480 e. The summed E-state index contributed by atoms with van der Waals surface area (Å²) in [5.74, 6) is -1.71. The molecule has 0 fully saturated rings. The number of aliphatic hydroxyl groups excluding tert-OH is 1. The van der Waals surface area contributed by atoms with Crippen molar-refractivity contribution in [3.63, 3.8) is 0 Å². The third-order valence-electron chi connectivity index (χ3n) is 1.11. The minimum Gasteiger partial charge on any atom is -0.480 e. The molecule has 5 nitrogen and oxygen atoms in total. The molecule has 6 heteroatoms.